The van der Waals surface area contributed by atoms with Crippen LogP contribution in [0.2, 0.25) is 0 Å². The van der Waals surface area contributed by atoms with Gasteiger partial charge in [0, 0.05) is 0 Å². The second kappa shape index (κ2) is 3.06. The number of aryl methyl sites for hydroxylation is 1. The monoisotopic (exact) mass is 193 g/mol. The molecule has 0 unspecified atom stereocenters. The Morgan fingerprint density at radius 1 is 1.31 bits per heavy atom. The summed E-state index contributed by atoms with van der Waals surface area (Å²) >= 11 is 1.15. The van der Waals surface area contributed by atoms with Crippen LogP contribution in [0.5, 0.6) is 0 Å². The number of nitrogens with two attached hydrogens (primary N) is 1. The molecule has 0 radical (unpaired) electrons. The van der Waals surface area contributed by atoms with Gasteiger partial charge in [-0.25, -0.2) is 9.97 Å². The van der Waals surface area contributed by atoms with Gasteiger partial charge < -0.3 is 5.73 Å². The van der Waals surface area contributed by atoms with Crippen LogP contribution < -0.4 is 5.73 Å². The maximum atomic E-state index is 5.69. The molecule has 0 spiro atoms. The first-order valence-corrected chi connectivity index (χ1v) is 4.37. The van der Waals surface area contributed by atoms with Crippen LogP contribution in [0.1, 0.15) is 5.69 Å². The molecule has 0 fully saturated rings. The van der Waals surface area contributed by atoms with Crippen molar-refractivity contribution < 1.29 is 0 Å². The van der Waals surface area contributed by atoms with E-state index in [2.05, 4.69) is 18.7 Å². The third-order valence-electron chi connectivity index (χ3n) is 1.62. The summed E-state index contributed by atoms with van der Waals surface area (Å²) in [7, 11) is 0. The molecule has 0 aliphatic rings. The Morgan fingerprint density at radius 2 is 2.15 bits per heavy atom. The van der Waals surface area contributed by atoms with E-state index >= 15 is 0 Å². The molecule has 0 aliphatic heterocycles. The van der Waals surface area contributed by atoms with Gasteiger partial charge >= 0.3 is 0 Å². The molecular weight excluding hydrogens is 186 g/mol. The number of aromatic nitrogens is 4. The van der Waals surface area contributed by atoms with Crippen LogP contribution in [0.4, 0.5) is 5.69 Å². The van der Waals surface area contributed by atoms with Crippen LogP contribution in [-0.2, 0) is 0 Å². The summed E-state index contributed by atoms with van der Waals surface area (Å²) < 4.78 is 8.16. The zero-order chi connectivity index (χ0) is 9.26. The Morgan fingerprint density at radius 3 is 2.77 bits per heavy atom. The number of hydrogen-bond donors (Lipinski definition) is 1. The Bertz CT molecular complexity index is 424. The standard InChI is InChI=1S/C7H7N5S/c1-4-6(12-13-11-4)7-5(8)2-9-3-10-7/h2-3H,8H2,1H3. The summed E-state index contributed by atoms with van der Waals surface area (Å²) in [6.07, 6.45) is 3.01. The lowest BCUT2D eigenvalue weighted by Gasteiger charge is -1.99. The van der Waals surface area contributed by atoms with E-state index in [0.29, 0.717) is 11.4 Å². The quantitative estimate of drug-likeness (QED) is 0.727. The maximum absolute atomic E-state index is 5.69. The van der Waals surface area contributed by atoms with Gasteiger partial charge in [-0.2, -0.15) is 8.75 Å². The van der Waals surface area contributed by atoms with Gasteiger partial charge in [0.2, 0.25) is 0 Å². The first-order valence-electron chi connectivity index (χ1n) is 3.64. The van der Waals surface area contributed by atoms with Crippen LogP contribution in [-0.4, -0.2) is 18.7 Å². The number of nitrogens with zero attached hydrogens (tertiary/aromatic N) is 4. The van der Waals surface area contributed by atoms with Crippen molar-refractivity contribution >= 4 is 17.4 Å². The van der Waals surface area contributed by atoms with Crippen LogP contribution in [0.25, 0.3) is 11.4 Å². The van der Waals surface area contributed by atoms with Crippen LogP contribution >= 0.6 is 11.7 Å². The zero-order valence-corrected chi connectivity index (χ0v) is 7.75. The molecule has 0 aromatic carbocycles. The van der Waals surface area contributed by atoms with Crippen molar-refractivity contribution in [2.45, 2.75) is 6.92 Å². The lowest BCUT2D eigenvalue weighted by Crippen LogP contribution is -1.95. The molecule has 0 saturated heterocycles. The number of nitrogen functional groups attached to an aromatic ring is 1. The van der Waals surface area contributed by atoms with E-state index < -0.39 is 0 Å². The Labute approximate surface area is 79.0 Å². The highest BCUT2D eigenvalue weighted by Gasteiger charge is 2.10. The van der Waals surface area contributed by atoms with Crippen molar-refractivity contribution in [3.63, 3.8) is 0 Å². The fraction of sp³-hybridized carbons (Fsp3) is 0.143. The third kappa shape index (κ3) is 1.35. The van der Waals surface area contributed by atoms with Crippen molar-refractivity contribution in [3.8, 4) is 11.4 Å². The first kappa shape index (κ1) is 8.06. The predicted octanol–water partition coefficient (Wildman–Crippen LogP) is 0.886. The molecule has 6 heteroatoms. The van der Waals surface area contributed by atoms with Crippen molar-refractivity contribution in [2.24, 2.45) is 0 Å². The van der Waals surface area contributed by atoms with E-state index in [1.165, 1.54) is 6.33 Å². The van der Waals surface area contributed by atoms with Crippen molar-refractivity contribution in [2.75, 3.05) is 5.73 Å². The Balaban J connectivity index is 2.59. The zero-order valence-electron chi connectivity index (χ0n) is 6.93. The fourth-order valence-corrected chi connectivity index (χ4v) is 1.53. The van der Waals surface area contributed by atoms with Crippen molar-refractivity contribution in [3.05, 3.63) is 18.2 Å². The van der Waals surface area contributed by atoms with Crippen LogP contribution in [0.15, 0.2) is 12.5 Å². The molecule has 66 valence electrons. The van der Waals surface area contributed by atoms with Crippen LogP contribution in [0.3, 0.4) is 0 Å². The normalized spacial score (nSPS) is 10.2. The highest BCUT2D eigenvalue weighted by Crippen LogP contribution is 2.23. The van der Waals surface area contributed by atoms with Crippen molar-refractivity contribution in [1.82, 2.24) is 18.7 Å². The minimum absolute atomic E-state index is 0.526. The smallest absolute Gasteiger partial charge is 0.128 e. The van der Waals surface area contributed by atoms with Gasteiger partial charge in [0.15, 0.2) is 0 Å². The molecule has 2 N–H and O–H groups in total. The Hall–Kier alpha value is -1.56. The summed E-state index contributed by atoms with van der Waals surface area (Å²) in [5.74, 6) is 0. The molecule has 2 aromatic heterocycles. The van der Waals surface area contributed by atoms with E-state index in [4.69, 9.17) is 5.73 Å². The minimum atomic E-state index is 0.526. The lowest BCUT2D eigenvalue weighted by atomic mass is 10.2. The third-order valence-corrected chi connectivity index (χ3v) is 2.24. The number of rotatable bonds is 1. The second-order valence-electron chi connectivity index (χ2n) is 2.52. The van der Waals surface area contributed by atoms with Gasteiger partial charge in [-0.15, -0.1) is 0 Å². The van der Waals surface area contributed by atoms with Crippen molar-refractivity contribution in [1.29, 1.82) is 0 Å². The average molecular weight is 193 g/mol. The molecule has 0 atom stereocenters. The fourth-order valence-electron chi connectivity index (χ4n) is 0.985. The number of anilines is 1. The first-order chi connectivity index (χ1) is 6.29. The molecule has 2 aromatic rings. The molecule has 0 bridgehead atoms. The summed E-state index contributed by atoms with van der Waals surface area (Å²) in [6, 6.07) is 0. The highest BCUT2D eigenvalue weighted by atomic mass is 32.1. The van der Waals surface area contributed by atoms with E-state index in [1.807, 2.05) is 6.92 Å². The predicted molar refractivity (Wildman–Crippen MR) is 50.1 cm³/mol. The SMILES string of the molecule is Cc1nsnc1-c1ncncc1N. The van der Waals surface area contributed by atoms with Gasteiger partial charge in [0.25, 0.3) is 0 Å². The summed E-state index contributed by atoms with van der Waals surface area (Å²) in [5, 5.41) is 0. The highest BCUT2D eigenvalue weighted by molar-refractivity contribution is 6.99. The van der Waals surface area contributed by atoms with Gasteiger partial charge in [0.05, 0.1) is 29.3 Å². The van der Waals surface area contributed by atoms with Gasteiger partial charge in [-0.3, -0.25) is 0 Å². The average Bonchev–Trinajstić information content (AvgIpc) is 2.52. The largest absolute Gasteiger partial charge is 0.396 e. The molecule has 5 nitrogen and oxygen atoms in total. The van der Waals surface area contributed by atoms with E-state index in [9.17, 15) is 0 Å². The Kier molecular flexibility index (Phi) is 1.90. The van der Waals surface area contributed by atoms with E-state index in [-0.39, 0.29) is 0 Å². The molecular formula is C7H7N5S. The summed E-state index contributed by atoms with van der Waals surface area (Å²) in [4.78, 5) is 7.85. The molecule has 2 rings (SSSR count). The summed E-state index contributed by atoms with van der Waals surface area (Å²) in [6.45, 7) is 1.88. The second-order valence-corrected chi connectivity index (χ2v) is 3.05. The van der Waals surface area contributed by atoms with E-state index in [1.54, 1.807) is 6.20 Å². The van der Waals surface area contributed by atoms with Gasteiger partial charge in [-0.1, -0.05) is 0 Å². The molecule has 0 amide bonds. The van der Waals surface area contributed by atoms with E-state index in [0.717, 1.165) is 23.1 Å². The molecule has 13 heavy (non-hydrogen) atoms. The minimum Gasteiger partial charge on any atom is -0.396 e. The molecule has 0 saturated carbocycles. The molecule has 0 aliphatic carbocycles. The summed E-state index contributed by atoms with van der Waals surface area (Å²) in [5.41, 5.74) is 8.46. The van der Waals surface area contributed by atoms with Gasteiger partial charge in [0.1, 0.15) is 17.7 Å². The lowest BCUT2D eigenvalue weighted by molar-refractivity contribution is 1.16. The van der Waals surface area contributed by atoms with Gasteiger partial charge in [-0.05, 0) is 6.92 Å². The van der Waals surface area contributed by atoms with Crippen LogP contribution in [0, 0.1) is 6.92 Å². The maximum Gasteiger partial charge on any atom is 0.128 e. The number of hydrogen-bond acceptors (Lipinski definition) is 6. The molecule has 2 heterocycles. The topological polar surface area (TPSA) is 77.6 Å².